The number of hydrogen-bond acceptors (Lipinski definition) is 10. The van der Waals surface area contributed by atoms with Crippen molar-refractivity contribution in [2.24, 2.45) is 5.92 Å². The number of fused-ring (bicyclic) bond motifs is 1. The minimum absolute atomic E-state index is 0.0683. The minimum atomic E-state index is -3.94. The zero-order valence-corrected chi connectivity index (χ0v) is 21.2. The van der Waals surface area contributed by atoms with Crippen LogP contribution in [0.4, 0.5) is 11.8 Å². The van der Waals surface area contributed by atoms with Crippen molar-refractivity contribution >= 4 is 36.6 Å². The van der Waals surface area contributed by atoms with E-state index in [1.54, 1.807) is 51.4 Å². The maximum atomic E-state index is 13.7. The van der Waals surface area contributed by atoms with Gasteiger partial charge in [0, 0.05) is 5.92 Å². The summed E-state index contributed by atoms with van der Waals surface area (Å²) in [6, 6.07) is 7.62. The number of rotatable bonds is 10. The molecule has 0 radical (unpaired) electrons. The molecule has 1 aliphatic rings. The normalized spacial score (nSPS) is 19.9. The summed E-state index contributed by atoms with van der Waals surface area (Å²) >= 11 is 0. The molecule has 36 heavy (non-hydrogen) atoms. The fraction of sp³-hybridized carbons (Fsp3) is 0.391. The van der Waals surface area contributed by atoms with Gasteiger partial charge in [-0.2, -0.15) is 15.1 Å². The molecule has 13 heteroatoms. The highest BCUT2D eigenvalue weighted by molar-refractivity contribution is 7.52. The van der Waals surface area contributed by atoms with Crippen LogP contribution < -0.4 is 21.1 Å². The third-order valence-corrected chi connectivity index (χ3v) is 7.10. The van der Waals surface area contributed by atoms with Crippen LogP contribution in [-0.4, -0.2) is 44.2 Å². The summed E-state index contributed by atoms with van der Waals surface area (Å²) in [5.74, 6) is -0.0142. The predicted octanol–water partition coefficient (Wildman–Crippen LogP) is 3.24. The quantitative estimate of drug-likeness (QED) is 0.206. The van der Waals surface area contributed by atoms with Crippen LogP contribution in [0.3, 0.4) is 0 Å². The van der Waals surface area contributed by atoms with Gasteiger partial charge in [-0.05, 0) is 39.3 Å². The zero-order valence-electron chi connectivity index (χ0n) is 20.3. The second-order valence-electron chi connectivity index (χ2n) is 8.77. The average Bonchev–Trinajstić information content (AvgIpc) is 3.45. The van der Waals surface area contributed by atoms with Gasteiger partial charge in [0.15, 0.2) is 11.5 Å². The molecule has 0 aliphatic heterocycles. The zero-order chi connectivity index (χ0) is 25.9. The Balaban J connectivity index is 1.45. The van der Waals surface area contributed by atoms with Crippen molar-refractivity contribution in [1.29, 1.82) is 0 Å². The van der Waals surface area contributed by atoms with Gasteiger partial charge in [0.1, 0.15) is 17.3 Å². The van der Waals surface area contributed by atoms with Gasteiger partial charge in [0.2, 0.25) is 5.95 Å². The van der Waals surface area contributed by atoms with E-state index in [0.717, 1.165) is 0 Å². The molecule has 1 aliphatic carbocycles. The lowest BCUT2D eigenvalue weighted by atomic mass is 10.1. The number of ether oxygens (including phenoxy) is 1. The molecule has 0 fully saturated rings. The highest BCUT2D eigenvalue weighted by Gasteiger charge is 2.34. The van der Waals surface area contributed by atoms with Crippen LogP contribution in [-0.2, 0) is 18.6 Å². The molecule has 0 amide bonds. The van der Waals surface area contributed by atoms with Crippen LogP contribution in [0.1, 0.15) is 33.2 Å². The average molecular weight is 516 g/mol. The van der Waals surface area contributed by atoms with Gasteiger partial charge in [0.05, 0.1) is 25.1 Å². The van der Waals surface area contributed by atoms with E-state index in [0.29, 0.717) is 23.3 Å². The summed E-state index contributed by atoms with van der Waals surface area (Å²) in [6.45, 7) is 5.11. The monoisotopic (exact) mass is 515 g/mol. The number of carbonyl (C=O) groups excluding carboxylic acids is 1. The van der Waals surface area contributed by atoms with E-state index >= 15 is 0 Å². The summed E-state index contributed by atoms with van der Waals surface area (Å²) in [6.07, 6.45) is 5.91. The number of hydrogen-bond donors (Lipinski definition) is 3. The minimum Gasteiger partial charge on any atom is -0.462 e. The van der Waals surface area contributed by atoms with E-state index in [1.807, 2.05) is 22.8 Å². The highest BCUT2D eigenvalue weighted by atomic mass is 31.2. The van der Waals surface area contributed by atoms with E-state index in [-0.39, 0.29) is 36.4 Å². The molecule has 0 saturated carbocycles. The number of allylic oxidation sites excluding steroid dienone is 1. The van der Waals surface area contributed by atoms with E-state index in [2.05, 4.69) is 20.0 Å². The molecule has 2 heterocycles. The summed E-state index contributed by atoms with van der Waals surface area (Å²) in [5.41, 5.74) is 12.7. The van der Waals surface area contributed by atoms with Gasteiger partial charge in [0.25, 0.3) is 0 Å². The first-order valence-electron chi connectivity index (χ1n) is 11.5. The van der Waals surface area contributed by atoms with Gasteiger partial charge in [-0.25, -0.2) is 9.55 Å². The molecule has 5 N–H and O–H groups in total. The number of esters is 1. The molecular weight excluding hydrogens is 485 g/mol. The lowest BCUT2D eigenvalue weighted by Crippen LogP contribution is -2.36. The van der Waals surface area contributed by atoms with Gasteiger partial charge < -0.3 is 25.3 Å². The van der Waals surface area contributed by atoms with Crippen LogP contribution in [0.5, 0.6) is 5.75 Å². The van der Waals surface area contributed by atoms with Crippen LogP contribution in [0.15, 0.2) is 48.8 Å². The maximum Gasteiger partial charge on any atom is 0.459 e. The third-order valence-electron chi connectivity index (χ3n) is 5.46. The molecular formula is C23H30N7O5P. The SMILES string of the molecule is CC(C)OC(=O)[C@H](C)N[P@](=O)(OC[C@@H]1C=C[C@H](n2cnc3c(N)nc(N)nc32)C1)Oc1ccccc1. The third kappa shape index (κ3) is 6.01. The number of nitrogens with zero attached hydrogens (tertiary/aromatic N) is 4. The molecule has 192 valence electrons. The Labute approximate surface area is 208 Å². The van der Waals surface area contributed by atoms with Crippen LogP contribution in [0.25, 0.3) is 11.2 Å². The number of aromatic nitrogens is 4. The molecule has 0 saturated heterocycles. The Kier molecular flexibility index (Phi) is 7.58. The number of carbonyl (C=O) groups is 1. The number of imidazole rings is 1. The van der Waals surface area contributed by atoms with Crippen LogP contribution >= 0.6 is 7.75 Å². The van der Waals surface area contributed by atoms with Crippen molar-refractivity contribution in [2.45, 2.75) is 45.4 Å². The molecule has 0 spiro atoms. The number of para-hydroxylation sites is 1. The fourth-order valence-electron chi connectivity index (χ4n) is 3.81. The number of anilines is 2. The summed E-state index contributed by atoms with van der Waals surface area (Å²) in [4.78, 5) is 24.8. The summed E-state index contributed by atoms with van der Waals surface area (Å²) in [7, 11) is -3.94. The molecule has 12 nitrogen and oxygen atoms in total. The smallest absolute Gasteiger partial charge is 0.459 e. The first-order valence-corrected chi connectivity index (χ1v) is 13.1. The lowest BCUT2D eigenvalue weighted by molar-refractivity contribution is -0.149. The van der Waals surface area contributed by atoms with E-state index in [4.69, 9.17) is 25.3 Å². The molecule has 4 rings (SSSR count). The van der Waals surface area contributed by atoms with E-state index in [9.17, 15) is 9.36 Å². The van der Waals surface area contributed by atoms with Crippen molar-refractivity contribution in [3.8, 4) is 5.75 Å². The molecule has 4 atom stereocenters. The first-order chi connectivity index (χ1) is 17.1. The van der Waals surface area contributed by atoms with Crippen molar-refractivity contribution in [3.05, 3.63) is 48.8 Å². The Morgan fingerprint density at radius 1 is 1.19 bits per heavy atom. The number of benzene rings is 1. The molecule has 1 aromatic carbocycles. The second kappa shape index (κ2) is 10.7. The number of nitrogens with two attached hydrogens (primary N) is 2. The van der Waals surface area contributed by atoms with Crippen LogP contribution in [0.2, 0.25) is 0 Å². The topological polar surface area (TPSA) is 169 Å². The summed E-state index contributed by atoms with van der Waals surface area (Å²) in [5, 5.41) is 2.70. The van der Waals surface area contributed by atoms with Crippen molar-refractivity contribution < 1.29 is 23.1 Å². The Bertz CT molecular complexity index is 1300. The van der Waals surface area contributed by atoms with Gasteiger partial charge in [-0.1, -0.05) is 30.4 Å². The van der Waals surface area contributed by atoms with Crippen molar-refractivity contribution in [3.63, 3.8) is 0 Å². The molecule has 3 aromatic rings. The van der Waals surface area contributed by atoms with Crippen LogP contribution in [0, 0.1) is 5.92 Å². The first kappa shape index (κ1) is 25.6. The Morgan fingerprint density at radius 2 is 1.94 bits per heavy atom. The number of nitrogen functional groups attached to an aromatic ring is 2. The largest absolute Gasteiger partial charge is 0.462 e. The Morgan fingerprint density at radius 3 is 2.67 bits per heavy atom. The number of nitrogens with one attached hydrogen (secondary N) is 1. The predicted molar refractivity (Wildman–Crippen MR) is 135 cm³/mol. The summed E-state index contributed by atoms with van der Waals surface area (Å²) < 4.78 is 32.2. The van der Waals surface area contributed by atoms with E-state index < -0.39 is 19.8 Å². The standard InChI is InChI=1S/C23H30N7O5P/c1-14(2)34-22(31)15(3)29-36(32,35-18-7-5-4-6-8-18)33-12-16-9-10-17(11-16)30-13-26-19-20(24)27-23(25)28-21(19)30/h4-10,13-17H,11-12H2,1-3H3,(H,29,32)(H4,24,25,27,28)/t15-,16+,17-,36-/m0/s1. The lowest BCUT2D eigenvalue weighted by Gasteiger charge is -2.24. The van der Waals surface area contributed by atoms with E-state index in [1.165, 1.54) is 0 Å². The maximum absolute atomic E-state index is 13.7. The molecule has 0 bridgehead atoms. The van der Waals surface area contributed by atoms with Gasteiger partial charge in [-0.3, -0.25) is 9.32 Å². The molecule has 0 unspecified atom stereocenters. The Hall–Kier alpha value is -3.47. The van der Waals surface area contributed by atoms with Gasteiger partial charge >= 0.3 is 13.7 Å². The highest BCUT2D eigenvalue weighted by Crippen LogP contribution is 2.46. The second-order valence-corrected chi connectivity index (χ2v) is 10.5. The fourth-order valence-corrected chi connectivity index (χ4v) is 5.36. The van der Waals surface area contributed by atoms with Gasteiger partial charge in [-0.15, -0.1) is 0 Å². The molecule has 2 aromatic heterocycles. The van der Waals surface area contributed by atoms with Crippen molar-refractivity contribution in [1.82, 2.24) is 24.6 Å². The van der Waals surface area contributed by atoms with Crippen molar-refractivity contribution in [2.75, 3.05) is 18.1 Å².